The van der Waals surface area contributed by atoms with Crippen LogP contribution in [0.15, 0.2) is 53.9 Å². The number of esters is 1. The van der Waals surface area contributed by atoms with Gasteiger partial charge in [0, 0.05) is 16.6 Å². The lowest BCUT2D eigenvalue weighted by Crippen LogP contribution is -2.20. The lowest BCUT2D eigenvalue weighted by molar-refractivity contribution is 0.0603. The summed E-state index contributed by atoms with van der Waals surface area (Å²) in [6, 6.07) is 13.7. The number of hydrogen-bond acceptors (Lipinski definition) is 4. The number of benzene rings is 2. The first-order chi connectivity index (χ1) is 13.0. The van der Waals surface area contributed by atoms with Crippen molar-refractivity contribution in [1.82, 2.24) is 0 Å². The molecule has 1 heterocycles. The van der Waals surface area contributed by atoms with Gasteiger partial charge in [0.1, 0.15) is 16.4 Å². The summed E-state index contributed by atoms with van der Waals surface area (Å²) < 4.78 is 18.1. The highest BCUT2D eigenvalue weighted by molar-refractivity contribution is 7.80. The second kappa shape index (κ2) is 8.28. The molecule has 3 aromatic rings. The molecule has 0 radical (unpaired) electrons. The minimum atomic E-state index is -0.489. The van der Waals surface area contributed by atoms with Crippen LogP contribution >= 0.6 is 23.6 Å². The quantitative estimate of drug-likeness (QED) is 0.450. The van der Waals surface area contributed by atoms with E-state index in [1.54, 1.807) is 12.1 Å². The fourth-order valence-corrected chi connectivity index (χ4v) is 3.83. The van der Waals surface area contributed by atoms with Crippen molar-refractivity contribution in [2.24, 2.45) is 0 Å². The van der Waals surface area contributed by atoms with Crippen LogP contribution in [0.5, 0.6) is 0 Å². The third-order valence-electron chi connectivity index (χ3n) is 3.84. The minimum absolute atomic E-state index is 0.338. The predicted molar refractivity (Wildman–Crippen MR) is 112 cm³/mol. The van der Waals surface area contributed by atoms with Crippen LogP contribution in [0.2, 0.25) is 0 Å². The van der Waals surface area contributed by atoms with Crippen molar-refractivity contribution in [3.05, 3.63) is 70.9 Å². The van der Waals surface area contributed by atoms with Crippen LogP contribution in [0, 0.1) is 12.7 Å². The topological polar surface area (TPSA) is 50.4 Å². The Balaban J connectivity index is 1.87. The second-order valence-electron chi connectivity index (χ2n) is 5.80. The molecule has 0 bridgehead atoms. The molecular weight excluding hydrogens is 383 g/mol. The Kier molecular flexibility index (Phi) is 5.83. The van der Waals surface area contributed by atoms with Crippen molar-refractivity contribution in [3.8, 4) is 11.1 Å². The molecule has 138 valence electrons. The van der Waals surface area contributed by atoms with Crippen molar-refractivity contribution in [2.45, 2.75) is 6.92 Å². The first-order valence-electron chi connectivity index (χ1n) is 8.08. The third-order valence-corrected chi connectivity index (χ3v) is 4.94. The van der Waals surface area contributed by atoms with E-state index in [1.165, 1.54) is 30.6 Å². The van der Waals surface area contributed by atoms with Gasteiger partial charge in [-0.3, -0.25) is 0 Å². The molecule has 4 nitrogen and oxygen atoms in total. The largest absolute Gasteiger partial charge is 0.465 e. The van der Waals surface area contributed by atoms with E-state index in [0.717, 1.165) is 16.8 Å². The Labute approximate surface area is 166 Å². The molecule has 0 saturated heterocycles. The van der Waals surface area contributed by atoms with Gasteiger partial charge in [-0.1, -0.05) is 24.3 Å². The van der Waals surface area contributed by atoms with Gasteiger partial charge in [-0.05, 0) is 54.5 Å². The molecular formula is C20H17FN2O2S2. The summed E-state index contributed by atoms with van der Waals surface area (Å²) in [5.74, 6) is -0.827. The molecule has 0 fully saturated rings. The van der Waals surface area contributed by atoms with Crippen LogP contribution in [0.4, 0.5) is 15.1 Å². The molecule has 0 unspecified atom stereocenters. The van der Waals surface area contributed by atoms with Crippen LogP contribution in [0.1, 0.15) is 15.9 Å². The van der Waals surface area contributed by atoms with Crippen LogP contribution < -0.4 is 10.6 Å². The summed E-state index contributed by atoms with van der Waals surface area (Å²) in [6.45, 7) is 1.99. The smallest absolute Gasteiger partial charge is 0.341 e. The molecule has 0 spiro atoms. The number of anilines is 2. The first-order valence-corrected chi connectivity index (χ1v) is 9.37. The Bertz CT molecular complexity index is 984. The van der Waals surface area contributed by atoms with Gasteiger partial charge in [-0.2, -0.15) is 0 Å². The molecule has 1 aromatic heterocycles. The summed E-state index contributed by atoms with van der Waals surface area (Å²) in [5, 5.41) is 8.89. The maximum absolute atomic E-state index is 13.2. The number of carbonyl (C=O) groups is 1. The van der Waals surface area contributed by atoms with Gasteiger partial charge >= 0.3 is 5.97 Å². The molecule has 0 aliphatic carbocycles. The zero-order valence-corrected chi connectivity index (χ0v) is 16.3. The van der Waals surface area contributed by atoms with Crippen LogP contribution in [0.3, 0.4) is 0 Å². The lowest BCUT2D eigenvalue weighted by Gasteiger charge is -2.11. The summed E-state index contributed by atoms with van der Waals surface area (Å²) in [6.07, 6.45) is 0. The van der Waals surface area contributed by atoms with E-state index in [1.807, 2.05) is 36.6 Å². The van der Waals surface area contributed by atoms with Crippen LogP contribution in [0.25, 0.3) is 11.1 Å². The van der Waals surface area contributed by atoms with Gasteiger partial charge in [0.2, 0.25) is 0 Å². The van der Waals surface area contributed by atoms with Gasteiger partial charge in [0.15, 0.2) is 5.11 Å². The summed E-state index contributed by atoms with van der Waals surface area (Å²) in [4.78, 5) is 12.3. The standard InChI is InChI=1S/C20H17FN2O2S2/c1-12-4-3-5-15(10-12)22-20(26)23-18-17(19(24)25-2)16(11-27-18)13-6-8-14(21)9-7-13/h3-11H,1-2H3,(H2,22,23,26). The average molecular weight is 401 g/mol. The Morgan fingerprint density at radius 2 is 1.89 bits per heavy atom. The molecule has 0 atom stereocenters. The molecule has 0 amide bonds. The monoisotopic (exact) mass is 400 g/mol. The molecule has 7 heteroatoms. The number of thiophene rings is 1. The Hall–Kier alpha value is -2.77. The zero-order chi connectivity index (χ0) is 19.4. The lowest BCUT2D eigenvalue weighted by atomic mass is 10.0. The van der Waals surface area contributed by atoms with Crippen LogP contribution in [-0.2, 0) is 4.74 Å². The average Bonchev–Trinajstić information content (AvgIpc) is 3.05. The maximum atomic E-state index is 13.2. The number of carbonyl (C=O) groups excluding carboxylic acids is 1. The third kappa shape index (κ3) is 4.50. The number of thiocarbonyl (C=S) groups is 1. The highest BCUT2D eigenvalue weighted by atomic mass is 32.1. The van der Waals surface area contributed by atoms with E-state index in [2.05, 4.69) is 10.6 Å². The fourth-order valence-electron chi connectivity index (χ4n) is 2.58. The van der Waals surface area contributed by atoms with Crippen molar-refractivity contribution in [3.63, 3.8) is 0 Å². The highest BCUT2D eigenvalue weighted by Crippen LogP contribution is 2.36. The Morgan fingerprint density at radius 3 is 2.56 bits per heavy atom. The highest BCUT2D eigenvalue weighted by Gasteiger charge is 2.21. The van der Waals surface area contributed by atoms with E-state index < -0.39 is 5.97 Å². The SMILES string of the molecule is COC(=O)c1c(-c2ccc(F)cc2)csc1NC(=S)Nc1cccc(C)c1. The van der Waals surface area contributed by atoms with Gasteiger partial charge in [0.25, 0.3) is 0 Å². The van der Waals surface area contributed by atoms with Gasteiger partial charge in [-0.15, -0.1) is 11.3 Å². The number of halogens is 1. The summed E-state index contributed by atoms with van der Waals surface area (Å²) in [5.41, 5.74) is 3.70. The number of aryl methyl sites for hydroxylation is 1. The van der Waals surface area contributed by atoms with Gasteiger partial charge in [-0.25, -0.2) is 9.18 Å². The molecule has 2 N–H and O–H groups in total. The summed E-state index contributed by atoms with van der Waals surface area (Å²) in [7, 11) is 1.32. The maximum Gasteiger partial charge on any atom is 0.341 e. The van der Waals surface area contributed by atoms with Crippen molar-refractivity contribution < 1.29 is 13.9 Å². The Morgan fingerprint density at radius 1 is 1.15 bits per heavy atom. The van der Waals surface area contributed by atoms with Crippen molar-refractivity contribution in [2.75, 3.05) is 17.7 Å². The second-order valence-corrected chi connectivity index (χ2v) is 7.09. The number of hydrogen-bond donors (Lipinski definition) is 2. The van der Waals surface area contributed by atoms with E-state index in [-0.39, 0.29) is 5.82 Å². The van der Waals surface area contributed by atoms with E-state index in [0.29, 0.717) is 21.2 Å². The summed E-state index contributed by atoms with van der Waals surface area (Å²) >= 11 is 6.70. The zero-order valence-electron chi connectivity index (χ0n) is 14.7. The van der Waals surface area contributed by atoms with E-state index >= 15 is 0 Å². The fraction of sp³-hybridized carbons (Fsp3) is 0.100. The molecule has 0 saturated carbocycles. The number of rotatable bonds is 4. The van der Waals surface area contributed by atoms with E-state index in [4.69, 9.17) is 17.0 Å². The van der Waals surface area contributed by atoms with Gasteiger partial charge < -0.3 is 15.4 Å². The molecule has 0 aliphatic rings. The molecule has 2 aromatic carbocycles. The normalized spacial score (nSPS) is 10.3. The van der Waals surface area contributed by atoms with Crippen LogP contribution in [-0.4, -0.2) is 18.2 Å². The van der Waals surface area contributed by atoms with Crippen molar-refractivity contribution >= 4 is 45.3 Å². The molecule has 27 heavy (non-hydrogen) atoms. The number of ether oxygens (including phenoxy) is 1. The minimum Gasteiger partial charge on any atom is -0.465 e. The number of nitrogens with one attached hydrogen (secondary N) is 2. The van der Waals surface area contributed by atoms with Crippen molar-refractivity contribution in [1.29, 1.82) is 0 Å². The molecule has 3 rings (SSSR count). The van der Waals surface area contributed by atoms with E-state index in [9.17, 15) is 9.18 Å². The number of methoxy groups -OCH3 is 1. The first kappa shape index (κ1) is 19.0. The predicted octanol–water partition coefficient (Wildman–Crippen LogP) is 5.46. The van der Waals surface area contributed by atoms with Gasteiger partial charge in [0.05, 0.1) is 7.11 Å². The molecule has 0 aliphatic heterocycles.